The Bertz CT molecular complexity index is 626. The number of hydrogen-bond donors (Lipinski definition) is 0. The van der Waals surface area contributed by atoms with E-state index in [2.05, 4.69) is 0 Å². The first-order valence-electron chi connectivity index (χ1n) is 8.23. The van der Waals surface area contributed by atoms with E-state index < -0.39 is 23.5 Å². The van der Waals surface area contributed by atoms with Crippen LogP contribution < -0.4 is 0 Å². The van der Waals surface area contributed by atoms with Gasteiger partial charge in [0, 0.05) is 30.5 Å². The summed E-state index contributed by atoms with van der Waals surface area (Å²) >= 11 is 1.72. The second-order valence-electron chi connectivity index (χ2n) is 6.30. The number of ether oxygens (including phenoxy) is 1. The Morgan fingerprint density at radius 1 is 1.32 bits per heavy atom. The molecule has 8 heteroatoms. The Morgan fingerprint density at radius 3 is 2.72 bits per heavy atom. The Kier molecular flexibility index (Phi) is 5.58. The minimum Gasteiger partial charge on any atom is -0.376 e. The van der Waals surface area contributed by atoms with Crippen molar-refractivity contribution in [1.82, 2.24) is 4.90 Å². The molecular weight excluding hydrogens is 358 g/mol. The normalized spacial score (nSPS) is 23.8. The number of carbonyl (C=O) groups excluding carboxylic acids is 1. The third-order valence-corrected chi connectivity index (χ3v) is 5.70. The molecule has 0 bridgehead atoms. The van der Waals surface area contributed by atoms with Crippen molar-refractivity contribution >= 4 is 17.7 Å². The van der Waals surface area contributed by atoms with Crippen molar-refractivity contribution in [2.45, 2.75) is 37.6 Å². The molecule has 0 N–H and O–H groups in total. The van der Waals surface area contributed by atoms with Crippen molar-refractivity contribution in [2.24, 2.45) is 0 Å². The van der Waals surface area contributed by atoms with Crippen LogP contribution in [0.2, 0.25) is 0 Å². The molecule has 3 rings (SSSR count). The molecule has 0 saturated carbocycles. The Hall–Kier alpha value is -1.28. The van der Waals surface area contributed by atoms with Crippen LogP contribution in [0.25, 0.3) is 0 Å². The molecule has 2 saturated heterocycles. The monoisotopic (exact) mass is 377 g/mol. The van der Waals surface area contributed by atoms with E-state index in [1.54, 1.807) is 16.7 Å². The molecule has 2 atom stereocenters. The van der Waals surface area contributed by atoms with Gasteiger partial charge in [-0.15, -0.1) is 0 Å². The van der Waals surface area contributed by atoms with Crippen LogP contribution in [0.3, 0.4) is 0 Å². The predicted octanol–water partition coefficient (Wildman–Crippen LogP) is 3.97. The van der Waals surface area contributed by atoms with Gasteiger partial charge in [-0.05, 0) is 43.2 Å². The SMILES string of the molecule is O=C(c1ccc(F)c(C(F)(F)F)c1)N(C[C@H]1CCCO1)[C@@H]1CCSC1. The van der Waals surface area contributed by atoms with E-state index in [4.69, 9.17) is 4.74 Å². The van der Waals surface area contributed by atoms with Crippen LogP contribution in [0.1, 0.15) is 35.2 Å². The lowest BCUT2D eigenvalue weighted by atomic mass is 10.1. The zero-order valence-corrected chi connectivity index (χ0v) is 14.3. The van der Waals surface area contributed by atoms with Crippen LogP contribution in [0.4, 0.5) is 17.6 Å². The Balaban J connectivity index is 1.86. The molecule has 2 aliphatic heterocycles. The van der Waals surface area contributed by atoms with Crippen LogP contribution in [-0.4, -0.2) is 47.6 Å². The number of alkyl halides is 3. The largest absolute Gasteiger partial charge is 0.419 e. The summed E-state index contributed by atoms with van der Waals surface area (Å²) in [7, 11) is 0. The number of hydrogen-bond acceptors (Lipinski definition) is 3. The minimum atomic E-state index is -4.83. The van der Waals surface area contributed by atoms with Crippen LogP contribution in [-0.2, 0) is 10.9 Å². The molecule has 0 spiro atoms. The van der Waals surface area contributed by atoms with Crippen molar-refractivity contribution < 1.29 is 27.1 Å². The van der Waals surface area contributed by atoms with Gasteiger partial charge in [0.05, 0.1) is 11.7 Å². The topological polar surface area (TPSA) is 29.5 Å². The molecule has 1 aromatic carbocycles. The molecule has 1 aromatic rings. The smallest absolute Gasteiger partial charge is 0.376 e. The highest BCUT2D eigenvalue weighted by Crippen LogP contribution is 2.33. The quantitative estimate of drug-likeness (QED) is 0.744. The fourth-order valence-corrected chi connectivity index (χ4v) is 4.44. The van der Waals surface area contributed by atoms with Gasteiger partial charge in [0.2, 0.25) is 0 Å². The molecule has 2 heterocycles. The number of amides is 1. The van der Waals surface area contributed by atoms with E-state index >= 15 is 0 Å². The molecule has 138 valence electrons. The van der Waals surface area contributed by atoms with Crippen LogP contribution >= 0.6 is 11.8 Å². The third-order valence-electron chi connectivity index (χ3n) is 4.55. The maximum atomic E-state index is 13.5. The summed E-state index contributed by atoms with van der Waals surface area (Å²) in [5.41, 5.74) is -1.54. The summed E-state index contributed by atoms with van der Waals surface area (Å²) in [4.78, 5) is 14.5. The first-order chi connectivity index (χ1) is 11.9. The van der Waals surface area contributed by atoms with Gasteiger partial charge in [0.25, 0.3) is 5.91 Å². The maximum absolute atomic E-state index is 13.5. The van der Waals surface area contributed by atoms with E-state index in [1.165, 1.54) is 0 Å². The van der Waals surface area contributed by atoms with E-state index in [0.29, 0.717) is 25.3 Å². The summed E-state index contributed by atoms with van der Waals surface area (Å²) in [5.74, 6) is -0.192. The van der Waals surface area contributed by atoms with E-state index in [0.717, 1.165) is 36.8 Å². The number of nitrogens with zero attached hydrogens (tertiary/aromatic N) is 1. The average Bonchev–Trinajstić information content (AvgIpc) is 3.25. The van der Waals surface area contributed by atoms with E-state index in [9.17, 15) is 22.4 Å². The highest BCUT2D eigenvalue weighted by molar-refractivity contribution is 7.99. The van der Waals surface area contributed by atoms with E-state index in [1.807, 2.05) is 0 Å². The summed E-state index contributed by atoms with van der Waals surface area (Å²) < 4.78 is 57.9. The Morgan fingerprint density at radius 2 is 2.12 bits per heavy atom. The summed E-state index contributed by atoms with van der Waals surface area (Å²) in [6.07, 6.45) is -2.36. The van der Waals surface area contributed by atoms with Gasteiger partial charge in [-0.25, -0.2) is 4.39 Å². The first kappa shape index (κ1) is 18.5. The lowest BCUT2D eigenvalue weighted by Crippen LogP contribution is -2.44. The standard InChI is InChI=1S/C17H19F4NO2S/c18-15-4-3-11(8-14(15)17(19,20)21)16(23)22(12-5-7-25-10-12)9-13-2-1-6-24-13/h3-4,8,12-13H,1-2,5-7,9-10H2/t12-,13-/m1/s1. The molecule has 0 aromatic heterocycles. The van der Waals surface area contributed by atoms with Crippen LogP contribution in [0.15, 0.2) is 18.2 Å². The van der Waals surface area contributed by atoms with Gasteiger partial charge in [-0.1, -0.05) is 0 Å². The molecule has 3 nitrogen and oxygen atoms in total. The van der Waals surface area contributed by atoms with Gasteiger partial charge in [-0.2, -0.15) is 24.9 Å². The number of rotatable bonds is 4. The molecule has 25 heavy (non-hydrogen) atoms. The molecular formula is C17H19F4NO2S. The summed E-state index contributed by atoms with van der Waals surface area (Å²) in [6.45, 7) is 1.00. The molecule has 2 aliphatic rings. The number of carbonyl (C=O) groups is 1. The molecule has 0 unspecified atom stereocenters. The van der Waals surface area contributed by atoms with Crippen molar-refractivity contribution in [3.05, 3.63) is 35.1 Å². The third kappa shape index (κ3) is 4.28. The zero-order chi connectivity index (χ0) is 18.0. The highest BCUT2D eigenvalue weighted by Gasteiger charge is 2.36. The number of benzene rings is 1. The zero-order valence-electron chi connectivity index (χ0n) is 13.5. The van der Waals surface area contributed by atoms with Gasteiger partial charge >= 0.3 is 6.18 Å². The van der Waals surface area contributed by atoms with Crippen molar-refractivity contribution in [3.8, 4) is 0 Å². The molecule has 0 aliphatic carbocycles. The average molecular weight is 377 g/mol. The van der Waals surface area contributed by atoms with Crippen molar-refractivity contribution in [2.75, 3.05) is 24.7 Å². The van der Waals surface area contributed by atoms with Gasteiger partial charge in [0.15, 0.2) is 0 Å². The molecule has 0 radical (unpaired) electrons. The summed E-state index contributed by atoms with van der Waals surface area (Å²) in [6, 6.07) is 2.42. The van der Waals surface area contributed by atoms with Gasteiger partial charge in [-0.3, -0.25) is 4.79 Å². The lowest BCUT2D eigenvalue weighted by Gasteiger charge is -2.31. The van der Waals surface area contributed by atoms with Crippen LogP contribution in [0, 0.1) is 5.82 Å². The van der Waals surface area contributed by atoms with Crippen LogP contribution in [0.5, 0.6) is 0 Å². The maximum Gasteiger partial charge on any atom is 0.419 e. The van der Waals surface area contributed by atoms with Gasteiger partial charge in [0.1, 0.15) is 5.82 Å². The van der Waals surface area contributed by atoms with E-state index in [-0.39, 0.29) is 17.7 Å². The minimum absolute atomic E-state index is 0.0268. The second kappa shape index (κ2) is 7.53. The molecule has 2 fully saturated rings. The van der Waals surface area contributed by atoms with Crippen molar-refractivity contribution in [1.29, 1.82) is 0 Å². The number of halogens is 4. The predicted molar refractivity (Wildman–Crippen MR) is 87.1 cm³/mol. The summed E-state index contributed by atoms with van der Waals surface area (Å²) in [5, 5.41) is 0. The highest BCUT2D eigenvalue weighted by atomic mass is 32.2. The fraction of sp³-hybridized carbons (Fsp3) is 0.588. The number of thioether (sulfide) groups is 1. The first-order valence-corrected chi connectivity index (χ1v) is 9.39. The molecule has 1 amide bonds. The second-order valence-corrected chi connectivity index (χ2v) is 7.45. The lowest BCUT2D eigenvalue weighted by molar-refractivity contribution is -0.140. The van der Waals surface area contributed by atoms with Crippen molar-refractivity contribution in [3.63, 3.8) is 0 Å². The van der Waals surface area contributed by atoms with Gasteiger partial charge < -0.3 is 9.64 Å². The Labute approximate surface area is 147 Å². The fourth-order valence-electron chi connectivity index (χ4n) is 3.21.